The van der Waals surface area contributed by atoms with E-state index in [2.05, 4.69) is 177 Å². The number of furan rings is 1. The number of imidazole rings is 1. The zero-order valence-corrected chi connectivity index (χ0v) is 42.1. The molecule has 8 aromatic carbocycles. The number of aromatic nitrogens is 3. The molecule has 1 radical (unpaired) electrons. The van der Waals surface area contributed by atoms with E-state index in [1.165, 1.54) is 73.1 Å². The Bertz CT molecular complexity index is 3550. The van der Waals surface area contributed by atoms with Gasteiger partial charge < -0.3 is 16.8 Å². The smallest absolute Gasteiger partial charge is 0.149 e. The van der Waals surface area contributed by atoms with E-state index in [0.29, 0.717) is 0 Å². The number of pyridine rings is 1. The number of halogens is 1. The molecule has 4 bridgehead atoms. The molecule has 0 atom stereocenters. The predicted molar refractivity (Wildman–Crippen MR) is 281 cm³/mol. The minimum absolute atomic E-state index is 0. The molecule has 6 heteroatoms. The van der Waals surface area contributed by atoms with Crippen LogP contribution in [0.25, 0.3) is 83.2 Å². The molecule has 4 aliphatic carbocycles. The normalized spacial score (nSPS) is 12.2. The summed E-state index contributed by atoms with van der Waals surface area (Å²) in [6.45, 7) is 9.24. The van der Waals surface area contributed by atoms with Crippen LogP contribution in [0.1, 0.15) is 72.9 Å². The van der Waals surface area contributed by atoms with Crippen LogP contribution in [-0.2, 0) is 45.8 Å². The molecule has 4 aliphatic rings. The van der Waals surface area contributed by atoms with Gasteiger partial charge in [0, 0.05) is 48.3 Å². The number of para-hydroxylation sites is 3. The third-order valence-corrected chi connectivity index (χ3v) is 13.5. The van der Waals surface area contributed by atoms with E-state index in [9.17, 15) is 4.39 Å². The first-order chi connectivity index (χ1) is 32.8. The largest absolute Gasteiger partial charge is 0.455 e. The van der Waals surface area contributed by atoms with Crippen molar-refractivity contribution >= 4 is 43.7 Å². The van der Waals surface area contributed by atoms with Gasteiger partial charge in [0.2, 0.25) is 0 Å². The minimum Gasteiger partial charge on any atom is -0.455 e. The van der Waals surface area contributed by atoms with Gasteiger partial charge in [0.25, 0.3) is 0 Å². The van der Waals surface area contributed by atoms with Crippen molar-refractivity contribution in [3.63, 3.8) is 0 Å². The molecule has 3 heterocycles. The SMILES string of the molecule is CC(C)c1cc(-c2ccccc2)cc(C(C)C)c1-n1c(-c2cccc3c2oc2c3ccc3c4ccc(c32)CCc2ccc(cc2)CC4)nc2ccccc21.Fc1c[c-]c(-c2ccccn2)cc1.[CH3-].[Ir]. The Balaban J connectivity index is 0.000000343. The van der Waals surface area contributed by atoms with Crippen molar-refractivity contribution < 1.29 is 28.9 Å². The fourth-order valence-corrected chi connectivity index (χ4v) is 9.99. The summed E-state index contributed by atoms with van der Waals surface area (Å²) in [6, 6.07) is 62.1. The maximum absolute atomic E-state index is 12.6. The third-order valence-electron chi connectivity index (χ3n) is 13.5. The average molecular weight is 1080 g/mol. The second-order valence-electron chi connectivity index (χ2n) is 18.4. The Labute approximate surface area is 418 Å². The summed E-state index contributed by atoms with van der Waals surface area (Å²) in [5, 5.41) is 4.86. The number of fused-ring (bicyclic) bond motifs is 4. The molecule has 4 nitrogen and oxygen atoms in total. The predicted octanol–water partition coefficient (Wildman–Crippen LogP) is 16.7. The molecular formula is C63H54FIrN3O-2. The van der Waals surface area contributed by atoms with Crippen LogP contribution in [0.4, 0.5) is 4.39 Å². The first-order valence-corrected chi connectivity index (χ1v) is 23.6. The van der Waals surface area contributed by atoms with Gasteiger partial charge in [-0.05, 0) is 136 Å². The molecule has 69 heavy (non-hydrogen) atoms. The van der Waals surface area contributed by atoms with Gasteiger partial charge in [0.05, 0.1) is 22.3 Å². The summed E-state index contributed by atoms with van der Waals surface area (Å²) in [5.41, 5.74) is 18.4. The second kappa shape index (κ2) is 19.9. The van der Waals surface area contributed by atoms with Crippen LogP contribution in [-0.4, -0.2) is 14.5 Å². The molecule has 0 spiro atoms. The van der Waals surface area contributed by atoms with Gasteiger partial charge in [0.15, 0.2) is 0 Å². The van der Waals surface area contributed by atoms with Gasteiger partial charge in [0.1, 0.15) is 17.0 Å². The maximum Gasteiger partial charge on any atom is 0.149 e. The van der Waals surface area contributed by atoms with E-state index >= 15 is 0 Å². The van der Waals surface area contributed by atoms with E-state index < -0.39 is 0 Å². The molecule has 0 N–H and O–H groups in total. The molecule has 0 amide bonds. The van der Waals surface area contributed by atoms with Gasteiger partial charge in [-0.1, -0.05) is 137 Å². The van der Waals surface area contributed by atoms with Gasteiger partial charge in [-0.2, -0.15) is 0 Å². The second-order valence-corrected chi connectivity index (χ2v) is 18.4. The van der Waals surface area contributed by atoms with Gasteiger partial charge in [-0.25, -0.2) is 4.98 Å². The first-order valence-electron chi connectivity index (χ1n) is 23.6. The number of benzene rings is 8. The summed E-state index contributed by atoms with van der Waals surface area (Å²) in [5.74, 6) is 1.20. The summed E-state index contributed by atoms with van der Waals surface area (Å²) in [4.78, 5) is 9.57. The number of aryl methyl sites for hydroxylation is 4. The van der Waals surface area contributed by atoms with E-state index in [4.69, 9.17) is 9.40 Å². The van der Waals surface area contributed by atoms with Crippen LogP contribution in [0.15, 0.2) is 180 Å². The monoisotopic (exact) mass is 1080 g/mol. The number of hydrogen-bond acceptors (Lipinski definition) is 3. The van der Waals surface area contributed by atoms with Crippen LogP contribution < -0.4 is 0 Å². The summed E-state index contributed by atoms with van der Waals surface area (Å²) < 4.78 is 22.2. The molecule has 0 fully saturated rings. The van der Waals surface area contributed by atoms with E-state index in [0.717, 1.165) is 81.3 Å². The number of nitrogens with zero attached hydrogens (tertiary/aromatic N) is 3. The summed E-state index contributed by atoms with van der Waals surface area (Å²) in [6.07, 6.45) is 5.68. The minimum atomic E-state index is -0.278. The third kappa shape index (κ3) is 8.96. The van der Waals surface area contributed by atoms with E-state index in [1.807, 2.05) is 18.2 Å². The van der Waals surface area contributed by atoms with E-state index in [-0.39, 0.29) is 45.2 Å². The quantitative estimate of drug-likeness (QED) is 0.156. The Morgan fingerprint density at radius 1 is 0.594 bits per heavy atom. The van der Waals surface area contributed by atoms with Crippen molar-refractivity contribution in [3.8, 4) is 39.5 Å². The summed E-state index contributed by atoms with van der Waals surface area (Å²) >= 11 is 0. The van der Waals surface area contributed by atoms with Crippen LogP contribution in [0.3, 0.4) is 0 Å². The molecule has 11 aromatic rings. The molecule has 15 rings (SSSR count). The fraction of sp³-hybridized carbons (Fsp3) is 0.159. The van der Waals surface area contributed by atoms with Crippen molar-refractivity contribution in [1.82, 2.24) is 14.5 Å². The Hall–Kier alpha value is -6.98. The molecule has 3 aromatic heterocycles. The Kier molecular flexibility index (Phi) is 13.6. The number of rotatable bonds is 6. The zero-order chi connectivity index (χ0) is 45.6. The zero-order valence-electron chi connectivity index (χ0n) is 39.7. The van der Waals surface area contributed by atoms with Crippen molar-refractivity contribution in [2.24, 2.45) is 0 Å². The Morgan fingerprint density at radius 2 is 1.25 bits per heavy atom. The summed E-state index contributed by atoms with van der Waals surface area (Å²) in [7, 11) is 0. The number of hydrogen-bond donors (Lipinski definition) is 0. The fourth-order valence-electron chi connectivity index (χ4n) is 9.99. The molecule has 0 saturated heterocycles. The van der Waals surface area contributed by atoms with Crippen molar-refractivity contribution in [1.29, 1.82) is 0 Å². The average Bonchev–Trinajstić information content (AvgIpc) is 3.94. The van der Waals surface area contributed by atoms with Crippen molar-refractivity contribution in [3.05, 3.63) is 229 Å². The van der Waals surface area contributed by atoms with Crippen LogP contribution in [0.5, 0.6) is 0 Å². The first kappa shape index (κ1) is 47.1. The molecule has 0 unspecified atom stereocenters. The van der Waals surface area contributed by atoms with Gasteiger partial charge >= 0.3 is 0 Å². The molecule has 0 aliphatic heterocycles. The molecular weight excluding hydrogens is 1030 g/mol. The van der Waals surface area contributed by atoms with Crippen LogP contribution >= 0.6 is 0 Å². The van der Waals surface area contributed by atoms with Crippen molar-refractivity contribution in [2.45, 2.75) is 65.2 Å². The van der Waals surface area contributed by atoms with Crippen molar-refractivity contribution in [2.75, 3.05) is 0 Å². The standard InChI is InChI=1S/C51H44N2O.C11H7FN.CH3.Ir/c1-31(2)43-29-38(35-11-6-5-7-12-35)30-44(32(3)4)48(43)53-46-16-9-8-15-45(46)52-51(53)42-14-10-13-40-41-28-27-39-36-23-21-33-17-19-34(20-18-33)22-24-37(26-25-36)47(39)50(41)54-49(40)42;12-10-6-4-9(5-7-10)11-3-1-2-8-13-11;;/h5-20,25-32H,21-24H2,1-4H3;1-4,6-8H;1H3;/q;2*-1;. The molecule has 0 saturated carbocycles. The molecule has 345 valence electrons. The van der Waals surface area contributed by atoms with Gasteiger partial charge in [-0.3, -0.25) is 8.96 Å². The maximum atomic E-state index is 12.6. The van der Waals surface area contributed by atoms with E-state index in [1.54, 1.807) is 12.3 Å². The van der Waals surface area contributed by atoms with Crippen LogP contribution in [0.2, 0.25) is 0 Å². The Morgan fingerprint density at radius 3 is 1.93 bits per heavy atom. The van der Waals surface area contributed by atoms with Gasteiger partial charge in [-0.15, -0.1) is 29.8 Å². The van der Waals surface area contributed by atoms with Crippen LogP contribution in [0, 0.1) is 19.3 Å². The topological polar surface area (TPSA) is 43.9 Å².